The lowest BCUT2D eigenvalue weighted by Crippen LogP contribution is -2.10. The summed E-state index contributed by atoms with van der Waals surface area (Å²) in [4.78, 5) is 2.36. The first-order chi connectivity index (χ1) is 24.1. The molecule has 232 valence electrons. The van der Waals surface area contributed by atoms with E-state index in [4.69, 9.17) is 0 Å². The Morgan fingerprint density at radius 2 is 0.898 bits per heavy atom. The summed E-state index contributed by atoms with van der Waals surface area (Å²) in [5, 5.41) is 7.62. The highest BCUT2D eigenvalue weighted by Gasteiger charge is 2.24. The van der Waals surface area contributed by atoms with Crippen molar-refractivity contribution < 1.29 is 0 Å². The molecule has 0 spiro atoms. The molecular formula is C47H34N2. The number of nitrogens with zero attached hydrogens (tertiary/aromatic N) is 2. The van der Waals surface area contributed by atoms with Gasteiger partial charge in [0.25, 0.3) is 0 Å². The number of anilines is 3. The van der Waals surface area contributed by atoms with Gasteiger partial charge in [0.15, 0.2) is 0 Å². The molecule has 0 atom stereocenters. The van der Waals surface area contributed by atoms with E-state index in [1.54, 1.807) is 0 Å². The van der Waals surface area contributed by atoms with Crippen LogP contribution in [-0.4, -0.2) is 4.57 Å². The Morgan fingerprint density at radius 3 is 1.51 bits per heavy atom. The molecule has 0 fully saturated rings. The summed E-state index contributed by atoms with van der Waals surface area (Å²) in [6.45, 7) is 4.49. The van der Waals surface area contributed by atoms with Gasteiger partial charge in [-0.05, 0) is 140 Å². The van der Waals surface area contributed by atoms with Crippen molar-refractivity contribution in [1.82, 2.24) is 4.57 Å². The number of benzene rings is 8. The minimum atomic E-state index is 0.498. The van der Waals surface area contributed by atoms with Crippen molar-refractivity contribution in [3.8, 4) is 27.9 Å². The largest absolute Gasteiger partial charge is 0.310 e. The van der Waals surface area contributed by atoms with Crippen molar-refractivity contribution >= 4 is 60.4 Å². The van der Waals surface area contributed by atoms with Crippen LogP contribution in [0.15, 0.2) is 164 Å². The molecule has 10 rings (SSSR count). The summed E-state index contributed by atoms with van der Waals surface area (Å²) < 4.78 is 2.40. The van der Waals surface area contributed by atoms with Gasteiger partial charge in [0.05, 0.1) is 11.0 Å². The molecule has 1 aliphatic rings. The van der Waals surface area contributed by atoms with Gasteiger partial charge in [-0.3, -0.25) is 0 Å². The van der Waals surface area contributed by atoms with E-state index in [1.165, 1.54) is 76.9 Å². The summed E-state index contributed by atoms with van der Waals surface area (Å²) >= 11 is 0. The van der Waals surface area contributed by atoms with Gasteiger partial charge in [-0.25, -0.2) is 0 Å². The standard InChI is InChI=1S/C47H34N2/c1-30(2)31-16-20-37(21-17-31)48(36-10-4-3-5-11-36)38-22-18-32-26-42-43-27-33-19-23-39(25-35(33)29-45(43)44(42)28-34(32)24-38)49-46-14-8-6-12-40(46)41-13-7-9-15-47(41)49/h3-30H,1-2H3. The van der Waals surface area contributed by atoms with Crippen molar-refractivity contribution in [2.24, 2.45) is 0 Å². The van der Waals surface area contributed by atoms with Crippen LogP contribution in [0.3, 0.4) is 0 Å². The fourth-order valence-electron chi connectivity index (χ4n) is 7.91. The highest BCUT2D eigenvalue weighted by atomic mass is 15.1. The normalized spacial score (nSPS) is 12.1. The first-order valence-corrected chi connectivity index (χ1v) is 17.2. The molecule has 0 radical (unpaired) electrons. The third-order valence-corrected chi connectivity index (χ3v) is 10.4. The lowest BCUT2D eigenvalue weighted by Gasteiger charge is -2.28. The Morgan fingerprint density at radius 1 is 0.408 bits per heavy atom. The molecule has 0 N–H and O–H groups in total. The van der Waals surface area contributed by atoms with Gasteiger partial charge < -0.3 is 9.47 Å². The van der Waals surface area contributed by atoms with Crippen LogP contribution in [0.25, 0.3) is 71.3 Å². The molecule has 9 aromatic rings. The van der Waals surface area contributed by atoms with Gasteiger partial charge in [0, 0.05) is 33.5 Å². The number of fused-ring (bicyclic) bond motifs is 9. The zero-order valence-corrected chi connectivity index (χ0v) is 27.6. The predicted molar refractivity (Wildman–Crippen MR) is 209 cm³/mol. The van der Waals surface area contributed by atoms with Crippen molar-refractivity contribution in [2.45, 2.75) is 19.8 Å². The quantitative estimate of drug-likeness (QED) is 0.185. The molecule has 0 saturated carbocycles. The van der Waals surface area contributed by atoms with Gasteiger partial charge in [0.1, 0.15) is 0 Å². The van der Waals surface area contributed by atoms with Crippen molar-refractivity contribution in [1.29, 1.82) is 0 Å². The minimum absolute atomic E-state index is 0.498. The Kier molecular flexibility index (Phi) is 6.10. The second-order valence-electron chi connectivity index (χ2n) is 13.6. The Bertz CT molecular complexity index is 2680. The van der Waals surface area contributed by atoms with Crippen LogP contribution in [0, 0.1) is 0 Å². The lowest BCUT2D eigenvalue weighted by atomic mass is 9.78. The summed E-state index contributed by atoms with van der Waals surface area (Å²) in [7, 11) is 0. The molecule has 1 aliphatic carbocycles. The first-order valence-electron chi connectivity index (χ1n) is 17.2. The Hall–Kier alpha value is -6.12. The highest BCUT2D eigenvalue weighted by Crippen LogP contribution is 2.51. The number of para-hydroxylation sites is 3. The first kappa shape index (κ1) is 27.9. The van der Waals surface area contributed by atoms with E-state index in [2.05, 4.69) is 187 Å². The van der Waals surface area contributed by atoms with Crippen LogP contribution in [0.4, 0.5) is 17.1 Å². The van der Waals surface area contributed by atoms with Crippen molar-refractivity contribution in [3.05, 3.63) is 169 Å². The molecule has 1 aromatic heterocycles. The van der Waals surface area contributed by atoms with Crippen LogP contribution >= 0.6 is 0 Å². The van der Waals surface area contributed by atoms with Crippen LogP contribution in [0.2, 0.25) is 0 Å². The highest BCUT2D eigenvalue weighted by molar-refractivity contribution is 6.13. The van der Waals surface area contributed by atoms with Gasteiger partial charge in [-0.2, -0.15) is 0 Å². The van der Waals surface area contributed by atoms with E-state index in [0.717, 1.165) is 17.1 Å². The maximum atomic E-state index is 2.40. The topological polar surface area (TPSA) is 8.17 Å². The fourth-order valence-corrected chi connectivity index (χ4v) is 7.91. The van der Waals surface area contributed by atoms with Crippen LogP contribution in [0.5, 0.6) is 0 Å². The number of rotatable bonds is 5. The summed E-state index contributed by atoms with van der Waals surface area (Å²) in [6, 6.07) is 60.5. The Labute approximate surface area is 286 Å². The van der Waals surface area contributed by atoms with Crippen molar-refractivity contribution in [2.75, 3.05) is 4.90 Å². The second kappa shape index (κ2) is 10.7. The SMILES string of the molecule is CC(C)c1ccc(N(c2ccccc2)c2ccc3cc4c(cc3c2)-c2cc3cc(-n5c6ccccc6c6ccccc65)ccc3cc2-4)cc1. The maximum Gasteiger partial charge on any atom is 0.0541 e. The molecular weight excluding hydrogens is 593 g/mol. The minimum Gasteiger partial charge on any atom is -0.310 e. The van der Waals surface area contributed by atoms with Crippen LogP contribution in [-0.2, 0) is 0 Å². The summed E-state index contributed by atoms with van der Waals surface area (Å²) in [5.74, 6) is 0.498. The fraction of sp³-hybridized carbons (Fsp3) is 0.0638. The van der Waals surface area contributed by atoms with E-state index in [9.17, 15) is 0 Å². The molecule has 0 bridgehead atoms. The van der Waals surface area contributed by atoms with E-state index in [-0.39, 0.29) is 0 Å². The third-order valence-electron chi connectivity index (χ3n) is 10.4. The molecule has 2 heteroatoms. The summed E-state index contributed by atoms with van der Waals surface area (Å²) in [5.41, 5.74) is 13.8. The zero-order chi connectivity index (χ0) is 32.6. The second-order valence-corrected chi connectivity index (χ2v) is 13.6. The average Bonchev–Trinajstić information content (AvgIpc) is 3.48. The van der Waals surface area contributed by atoms with Gasteiger partial charge >= 0.3 is 0 Å². The molecule has 8 aromatic carbocycles. The van der Waals surface area contributed by atoms with E-state index >= 15 is 0 Å². The van der Waals surface area contributed by atoms with Gasteiger partial charge in [0.2, 0.25) is 0 Å². The average molecular weight is 627 g/mol. The summed E-state index contributed by atoms with van der Waals surface area (Å²) in [6.07, 6.45) is 0. The molecule has 0 saturated heterocycles. The van der Waals surface area contributed by atoms with Gasteiger partial charge in [-0.1, -0.05) is 92.7 Å². The molecule has 2 nitrogen and oxygen atoms in total. The molecule has 0 amide bonds. The third kappa shape index (κ3) is 4.34. The lowest BCUT2D eigenvalue weighted by molar-refractivity contribution is 0.866. The molecule has 1 heterocycles. The van der Waals surface area contributed by atoms with E-state index in [0.29, 0.717) is 5.92 Å². The Balaban J connectivity index is 1.07. The van der Waals surface area contributed by atoms with Crippen LogP contribution in [0.1, 0.15) is 25.3 Å². The predicted octanol–water partition coefficient (Wildman–Crippen LogP) is 13.3. The molecule has 49 heavy (non-hydrogen) atoms. The maximum absolute atomic E-state index is 2.40. The molecule has 0 unspecified atom stereocenters. The monoisotopic (exact) mass is 626 g/mol. The number of hydrogen-bond donors (Lipinski definition) is 0. The van der Waals surface area contributed by atoms with E-state index < -0.39 is 0 Å². The van der Waals surface area contributed by atoms with Gasteiger partial charge in [-0.15, -0.1) is 0 Å². The van der Waals surface area contributed by atoms with E-state index in [1.807, 2.05) is 0 Å². The smallest absolute Gasteiger partial charge is 0.0541 e. The van der Waals surface area contributed by atoms with Crippen LogP contribution < -0.4 is 4.90 Å². The molecule has 0 aliphatic heterocycles. The number of hydrogen-bond acceptors (Lipinski definition) is 1. The zero-order valence-electron chi connectivity index (χ0n) is 27.6. The number of aromatic nitrogens is 1. The van der Waals surface area contributed by atoms with Crippen molar-refractivity contribution in [3.63, 3.8) is 0 Å².